The molecular weight excluding hydrogens is 304 g/mol. The molecule has 1 N–H and O–H groups in total. The number of aliphatic hydroxyl groups excluding tert-OH is 1. The van der Waals surface area contributed by atoms with Crippen molar-refractivity contribution < 1.29 is 14.3 Å². The molecule has 3 nitrogen and oxygen atoms in total. The summed E-state index contributed by atoms with van der Waals surface area (Å²) in [7, 11) is -2.01. The molecule has 0 aromatic heterocycles. The van der Waals surface area contributed by atoms with E-state index in [-0.39, 0.29) is 22.8 Å². The number of ketones is 1. The molecule has 136 valence electrons. The minimum absolute atomic E-state index is 0.0901. The van der Waals surface area contributed by atoms with Gasteiger partial charge in [-0.3, -0.25) is 4.79 Å². The molecule has 0 unspecified atom stereocenters. The lowest BCUT2D eigenvalue weighted by Crippen LogP contribution is -2.50. The van der Waals surface area contributed by atoms with Crippen molar-refractivity contribution >= 4 is 14.1 Å². The van der Waals surface area contributed by atoms with Crippen LogP contribution in [0.3, 0.4) is 0 Å². The van der Waals surface area contributed by atoms with Gasteiger partial charge in [0.05, 0.1) is 6.10 Å². The topological polar surface area (TPSA) is 46.5 Å². The third-order valence-electron chi connectivity index (χ3n) is 6.03. The van der Waals surface area contributed by atoms with E-state index >= 15 is 0 Å². The van der Waals surface area contributed by atoms with E-state index in [1.165, 1.54) is 19.3 Å². The quantitative estimate of drug-likeness (QED) is 0.667. The predicted octanol–water partition coefficient (Wildman–Crippen LogP) is 4.93. The summed E-state index contributed by atoms with van der Waals surface area (Å²) in [5.41, 5.74) is 0. The van der Waals surface area contributed by atoms with Crippen LogP contribution in [-0.4, -0.2) is 31.4 Å². The van der Waals surface area contributed by atoms with E-state index in [1.807, 2.05) is 13.8 Å². The molecule has 4 heteroatoms. The number of carbonyl (C=O) groups is 1. The number of aliphatic hydroxyl groups is 1. The number of Topliss-reactive ketones (excluding diaryl/α,β-unsaturated/α-hetero) is 1. The van der Waals surface area contributed by atoms with Gasteiger partial charge in [-0.1, -0.05) is 53.9 Å². The van der Waals surface area contributed by atoms with Gasteiger partial charge in [0.25, 0.3) is 0 Å². The second-order valence-electron chi connectivity index (χ2n) is 8.86. The zero-order valence-corrected chi connectivity index (χ0v) is 17.3. The van der Waals surface area contributed by atoms with Gasteiger partial charge in [0.15, 0.2) is 14.1 Å². The minimum Gasteiger partial charge on any atom is -0.407 e. The highest BCUT2D eigenvalue weighted by Gasteiger charge is 2.44. The second-order valence-corrected chi connectivity index (χ2v) is 13.6. The molecule has 0 aliphatic heterocycles. The van der Waals surface area contributed by atoms with Crippen molar-refractivity contribution in [2.24, 2.45) is 11.8 Å². The van der Waals surface area contributed by atoms with Crippen LogP contribution >= 0.6 is 0 Å². The molecular formula is C19H38O3Si. The maximum Gasteiger partial charge on any atom is 0.193 e. The molecule has 0 radical (unpaired) electrons. The van der Waals surface area contributed by atoms with E-state index in [4.69, 9.17) is 4.43 Å². The molecule has 0 aromatic rings. The summed E-state index contributed by atoms with van der Waals surface area (Å²) in [5, 5.41) is 10.2. The Labute approximate surface area is 144 Å². The van der Waals surface area contributed by atoms with Crippen LogP contribution in [0.15, 0.2) is 0 Å². The second kappa shape index (κ2) is 8.26. The highest BCUT2D eigenvalue weighted by Crippen LogP contribution is 2.40. The van der Waals surface area contributed by atoms with E-state index in [1.54, 1.807) is 0 Å². The molecule has 0 spiro atoms. The Morgan fingerprint density at radius 1 is 1.22 bits per heavy atom. The highest BCUT2D eigenvalue weighted by molar-refractivity contribution is 6.74. The summed E-state index contributed by atoms with van der Waals surface area (Å²) in [6, 6.07) is 0. The maximum atomic E-state index is 13.1. The fourth-order valence-corrected chi connectivity index (χ4v) is 4.42. The summed E-state index contributed by atoms with van der Waals surface area (Å²) in [6.45, 7) is 14.9. The average Bonchev–Trinajstić information content (AvgIpc) is 2.50. The van der Waals surface area contributed by atoms with E-state index < -0.39 is 14.4 Å². The van der Waals surface area contributed by atoms with Gasteiger partial charge in [0.1, 0.15) is 6.10 Å². The zero-order chi connectivity index (χ0) is 17.8. The van der Waals surface area contributed by atoms with Crippen LogP contribution < -0.4 is 0 Å². The standard InChI is InChI=1S/C19H38O3Si/c1-8-16(20)14(2)17(21)18(15-12-10-9-11-13-15)22-23(6,7)19(3,4)5/h14-16,18,20H,8-13H2,1-7H3/t14-,16+,18+/m1/s1. The Morgan fingerprint density at radius 3 is 2.17 bits per heavy atom. The number of hydrogen-bond acceptors (Lipinski definition) is 3. The van der Waals surface area contributed by atoms with Gasteiger partial charge in [0.2, 0.25) is 0 Å². The number of carbonyl (C=O) groups excluding carboxylic acids is 1. The van der Waals surface area contributed by atoms with E-state index in [0.29, 0.717) is 12.3 Å². The first-order chi connectivity index (χ1) is 10.5. The van der Waals surface area contributed by atoms with Gasteiger partial charge in [-0.25, -0.2) is 0 Å². The highest BCUT2D eigenvalue weighted by atomic mass is 28.4. The van der Waals surface area contributed by atoms with Gasteiger partial charge < -0.3 is 9.53 Å². The third-order valence-corrected chi connectivity index (χ3v) is 10.5. The molecule has 0 aromatic carbocycles. The molecule has 1 saturated carbocycles. The zero-order valence-electron chi connectivity index (χ0n) is 16.3. The Bertz CT molecular complexity index is 381. The summed E-state index contributed by atoms with van der Waals surface area (Å²) >= 11 is 0. The SMILES string of the molecule is CC[C@H](O)[C@@H](C)C(=O)[C@@H](O[Si](C)(C)C(C)(C)C)C1CCCCC1. The Morgan fingerprint density at radius 2 is 1.74 bits per heavy atom. The third kappa shape index (κ3) is 5.40. The molecule has 0 amide bonds. The first-order valence-corrected chi connectivity index (χ1v) is 12.3. The maximum absolute atomic E-state index is 13.1. The molecule has 0 saturated heterocycles. The van der Waals surface area contributed by atoms with Gasteiger partial charge in [-0.05, 0) is 43.3 Å². The average molecular weight is 343 g/mol. The summed E-state index contributed by atoms with van der Waals surface area (Å²) in [5.74, 6) is 0.115. The van der Waals surface area contributed by atoms with Crippen LogP contribution in [0, 0.1) is 11.8 Å². The monoisotopic (exact) mass is 342 g/mol. The van der Waals surface area contributed by atoms with E-state index in [9.17, 15) is 9.90 Å². The molecule has 1 aliphatic rings. The fraction of sp³-hybridized carbons (Fsp3) is 0.947. The summed E-state index contributed by atoms with van der Waals surface area (Å²) < 4.78 is 6.60. The Kier molecular flexibility index (Phi) is 7.49. The normalized spacial score (nSPS) is 21.7. The molecule has 0 bridgehead atoms. The predicted molar refractivity (Wildman–Crippen MR) is 99.1 cm³/mol. The van der Waals surface area contributed by atoms with Gasteiger partial charge in [-0.15, -0.1) is 0 Å². The van der Waals surface area contributed by atoms with Crippen molar-refractivity contribution in [3.8, 4) is 0 Å². The summed E-state index contributed by atoms with van der Waals surface area (Å²) in [4.78, 5) is 13.1. The van der Waals surface area contributed by atoms with Crippen molar-refractivity contribution in [1.29, 1.82) is 0 Å². The first-order valence-electron chi connectivity index (χ1n) is 9.41. The van der Waals surface area contributed by atoms with Crippen molar-refractivity contribution in [1.82, 2.24) is 0 Å². The lowest BCUT2D eigenvalue weighted by molar-refractivity contribution is -0.136. The lowest BCUT2D eigenvalue weighted by atomic mass is 9.80. The van der Waals surface area contributed by atoms with Crippen molar-refractivity contribution in [3.05, 3.63) is 0 Å². The fourth-order valence-electron chi connectivity index (χ4n) is 3.12. The molecule has 1 fully saturated rings. The first kappa shape index (κ1) is 20.9. The Hall–Kier alpha value is -0.193. The molecule has 23 heavy (non-hydrogen) atoms. The molecule has 1 aliphatic carbocycles. The van der Waals surface area contributed by atoms with E-state index in [0.717, 1.165) is 12.8 Å². The van der Waals surface area contributed by atoms with Gasteiger partial charge in [0, 0.05) is 5.92 Å². The van der Waals surface area contributed by atoms with Crippen molar-refractivity contribution in [2.45, 2.75) is 103 Å². The van der Waals surface area contributed by atoms with Crippen LogP contribution in [0.2, 0.25) is 18.1 Å². The molecule has 1 rings (SSSR count). The van der Waals surface area contributed by atoms with Crippen molar-refractivity contribution in [3.63, 3.8) is 0 Å². The Balaban J connectivity index is 2.99. The smallest absolute Gasteiger partial charge is 0.193 e. The van der Waals surface area contributed by atoms with Crippen LogP contribution in [0.1, 0.15) is 73.1 Å². The van der Waals surface area contributed by atoms with E-state index in [2.05, 4.69) is 33.9 Å². The lowest BCUT2D eigenvalue weighted by Gasteiger charge is -2.42. The number of hydrogen-bond donors (Lipinski definition) is 1. The number of rotatable bonds is 7. The van der Waals surface area contributed by atoms with Crippen LogP contribution in [-0.2, 0) is 9.22 Å². The molecule has 3 atom stereocenters. The minimum atomic E-state index is -2.01. The van der Waals surface area contributed by atoms with Crippen LogP contribution in [0.25, 0.3) is 0 Å². The largest absolute Gasteiger partial charge is 0.407 e. The van der Waals surface area contributed by atoms with Crippen LogP contribution in [0.4, 0.5) is 0 Å². The van der Waals surface area contributed by atoms with Crippen LogP contribution in [0.5, 0.6) is 0 Å². The summed E-state index contributed by atoms with van der Waals surface area (Å²) in [6.07, 6.45) is 5.55. The van der Waals surface area contributed by atoms with Gasteiger partial charge in [-0.2, -0.15) is 0 Å². The van der Waals surface area contributed by atoms with Gasteiger partial charge >= 0.3 is 0 Å². The van der Waals surface area contributed by atoms with Crippen molar-refractivity contribution in [2.75, 3.05) is 0 Å². The molecule has 0 heterocycles.